The maximum Gasteiger partial charge on any atom is 0.139 e. The summed E-state index contributed by atoms with van der Waals surface area (Å²) in [5.74, 6) is -0.0228. The Morgan fingerprint density at radius 1 is 1.39 bits per heavy atom. The molecule has 0 unspecified atom stereocenters. The summed E-state index contributed by atoms with van der Waals surface area (Å²) < 4.78 is 15.6. The van der Waals surface area contributed by atoms with Gasteiger partial charge in [-0.1, -0.05) is 0 Å². The highest BCUT2D eigenvalue weighted by Gasteiger charge is 2.16. The average Bonchev–Trinajstić information content (AvgIpc) is 2.54. The standard InChI is InChI=1S/C13H11BrFN3/c1-7-8(2)18(13(17)10(7)6-16)9-3-4-11(14)12(15)5-9/h3-5H,17H2,1-2H3. The molecule has 0 bridgehead atoms. The number of nitriles is 1. The summed E-state index contributed by atoms with van der Waals surface area (Å²) in [5, 5.41) is 9.06. The van der Waals surface area contributed by atoms with E-state index in [1.807, 2.05) is 13.8 Å². The van der Waals surface area contributed by atoms with E-state index in [0.29, 0.717) is 21.5 Å². The number of aromatic nitrogens is 1. The highest BCUT2D eigenvalue weighted by Crippen LogP contribution is 2.28. The minimum Gasteiger partial charge on any atom is -0.384 e. The lowest BCUT2D eigenvalue weighted by atomic mass is 10.2. The minimum absolute atomic E-state index is 0.342. The normalized spacial score (nSPS) is 10.4. The predicted octanol–water partition coefficient (Wildman–Crippen LogP) is 3.45. The minimum atomic E-state index is -0.365. The van der Waals surface area contributed by atoms with Crippen LogP contribution in [0.4, 0.5) is 10.2 Å². The van der Waals surface area contributed by atoms with E-state index < -0.39 is 0 Å². The predicted molar refractivity (Wildman–Crippen MR) is 72.0 cm³/mol. The average molecular weight is 308 g/mol. The van der Waals surface area contributed by atoms with Crippen LogP contribution in [0.5, 0.6) is 0 Å². The van der Waals surface area contributed by atoms with E-state index in [0.717, 1.165) is 11.3 Å². The molecule has 0 radical (unpaired) electrons. The van der Waals surface area contributed by atoms with Crippen molar-refractivity contribution in [2.75, 3.05) is 5.73 Å². The number of hydrogen-bond acceptors (Lipinski definition) is 2. The second-order valence-electron chi connectivity index (χ2n) is 4.02. The van der Waals surface area contributed by atoms with E-state index in [-0.39, 0.29) is 5.82 Å². The van der Waals surface area contributed by atoms with Gasteiger partial charge in [-0.3, -0.25) is 4.57 Å². The molecule has 0 atom stereocenters. The maximum atomic E-state index is 13.6. The van der Waals surface area contributed by atoms with Crippen LogP contribution < -0.4 is 5.73 Å². The van der Waals surface area contributed by atoms with Gasteiger partial charge in [0.2, 0.25) is 0 Å². The smallest absolute Gasteiger partial charge is 0.139 e. The molecule has 1 heterocycles. The molecule has 0 saturated carbocycles. The molecule has 2 aromatic rings. The van der Waals surface area contributed by atoms with Gasteiger partial charge in [-0.05, 0) is 53.5 Å². The zero-order valence-corrected chi connectivity index (χ0v) is 11.5. The molecule has 0 fully saturated rings. The Bertz CT molecular complexity index is 668. The summed E-state index contributed by atoms with van der Waals surface area (Å²) in [5.41, 5.74) is 8.65. The maximum absolute atomic E-state index is 13.6. The lowest BCUT2D eigenvalue weighted by Crippen LogP contribution is -2.03. The van der Waals surface area contributed by atoms with E-state index in [2.05, 4.69) is 22.0 Å². The molecular formula is C13H11BrFN3. The summed E-state index contributed by atoms with van der Waals surface area (Å²) in [7, 11) is 0. The van der Waals surface area contributed by atoms with Crippen LogP contribution in [0.3, 0.4) is 0 Å². The van der Waals surface area contributed by atoms with Gasteiger partial charge in [-0.15, -0.1) is 0 Å². The first-order valence-corrected chi connectivity index (χ1v) is 6.09. The van der Waals surface area contributed by atoms with Crippen molar-refractivity contribution in [2.45, 2.75) is 13.8 Å². The number of rotatable bonds is 1. The van der Waals surface area contributed by atoms with Crippen molar-refractivity contribution in [1.29, 1.82) is 5.26 Å². The van der Waals surface area contributed by atoms with Crippen molar-refractivity contribution in [3.8, 4) is 11.8 Å². The number of nitrogen functional groups attached to an aromatic ring is 1. The second kappa shape index (κ2) is 4.46. The largest absolute Gasteiger partial charge is 0.384 e. The number of nitrogens with two attached hydrogens (primary N) is 1. The lowest BCUT2D eigenvalue weighted by molar-refractivity contribution is 0.620. The molecule has 5 heteroatoms. The van der Waals surface area contributed by atoms with Crippen LogP contribution in [-0.4, -0.2) is 4.57 Å². The fourth-order valence-electron chi connectivity index (χ4n) is 1.93. The Morgan fingerprint density at radius 3 is 2.56 bits per heavy atom. The van der Waals surface area contributed by atoms with Gasteiger partial charge in [-0.25, -0.2) is 4.39 Å². The first kappa shape index (κ1) is 12.7. The molecule has 0 aliphatic carbocycles. The van der Waals surface area contributed by atoms with Crippen LogP contribution in [0.1, 0.15) is 16.8 Å². The highest BCUT2D eigenvalue weighted by atomic mass is 79.9. The fourth-order valence-corrected chi connectivity index (χ4v) is 2.18. The summed E-state index contributed by atoms with van der Waals surface area (Å²) in [6, 6.07) is 6.82. The topological polar surface area (TPSA) is 54.7 Å². The summed E-state index contributed by atoms with van der Waals surface area (Å²) in [6.45, 7) is 3.68. The number of halogens is 2. The molecule has 1 aromatic carbocycles. The Morgan fingerprint density at radius 2 is 2.06 bits per heavy atom. The molecule has 0 aliphatic rings. The van der Waals surface area contributed by atoms with Gasteiger partial charge >= 0.3 is 0 Å². The zero-order valence-electron chi connectivity index (χ0n) is 9.96. The molecular weight excluding hydrogens is 297 g/mol. The van der Waals surface area contributed by atoms with Crippen molar-refractivity contribution < 1.29 is 4.39 Å². The summed E-state index contributed by atoms with van der Waals surface area (Å²) >= 11 is 3.10. The molecule has 0 saturated heterocycles. The van der Waals surface area contributed by atoms with Gasteiger partial charge in [0, 0.05) is 5.69 Å². The van der Waals surface area contributed by atoms with Crippen molar-refractivity contribution in [2.24, 2.45) is 0 Å². The molecule has 0 amide bonds. The Hall–Kier alpha value is -1.80. The van der Waals surface area contributed by atoms with Gasteiger partial charge in [0.15, 0.2) is 0 Å². The molecule has 92 valence electrons. The van der Waals surface area contributed by atoms with Gasteiger partial charge in [-0.2, -0.15) is 5.26 Å². The Labute approximate surface area is 113 Å². The SMILES string of the molecule is Cc1c(C#N)c(N)n(-c2ccc(Br)c(F)c2)c1C. The monoisotopic (exact) mass is 307 g/mol. The van der Waals surface area contributed by atoms with Crippen LogP contribution in [0, 0.1) is 31.0 Å². The number of benzene rings is 1. The summed E-state index contributed by atoms with van der Waals surface area (Å²) in [6.07, 6.45) is 0. The van der Waals surface area contributed by atoms with Crippen LogP contribution in [-0.2, 0) is 0 Å². The molecule has 18 heavy (non-hydrogen) atoms. The molecule has 2 N–H and O–H groups in total. The Kier molecular flexibility index (Phi) is 3.14. The van der Waals surface area contributed by atoms with Crippen LogP contribution in [0.25, 0.3) is 5.69 Å². The van der Waals surface area contributed by atoms with Gasteiger partial charge in [0.25, 0.3) is 0 Å². The van der Waals surface area contributed by atoms with Crippen LogP contribution >= 0.6 is 15.9 Å². The third-order valence-electron chi connectivity index (χ3n) is 3.02. The first-order valence-electron chi connectivity index (χ1n) is 5.30. The molecule has 2 rings (SSSR count). The lowest BCUT2D eigenvalue weighted by Gasteiger charge is -2.09. The van der Waals surface area contributed by atoms with Gasteiger partial charge in [0.1, 0.15) is 17.7 Å². The van der Waals surface area contributed by atoms with Gasteiger partial charge < -0.3 is 5.73 Å². The Balaban J connectivity index is 2.72. The van der Waals surface area contributed by atoms with Crippen LogP contribution in [0.2, 0.25) is 0 Å². The van der Waals surface area contributed by atoms with E-state index >= 15 is 0 Å². The highest BCUT2D eigenvalue weighted by molar-refractivity contribution is 9.10. The van der Waals surface area contributed by atoms with Crippen molar-refractivity contribution in [3.63, 3.8) is 0 Å². The number of anilines is 1. The third-order valence-corrected chi connectivity index (χ3v) is 3.67. The van der Waals surface area contributed by atoms with Crippen molar-refractivity contribution in [3.05, 3.63) is 45.3 Å². The molecule has 0 spiro atoms. The third kappa shape index (κ3) is 1.79. The number of hydrogen-bond donors (Lipinski definition) is 1. The fraction of sp³-hybridized carbons (Fsp3) is 0.154. The zero-order chi connectivity index (χ0) is 13.4. The quantitative estimate of drug-likeness (QED) is 0.877. The van der Waals surface area contributed by atoms with E-state index in [1.165, 1.54) is 6.07 Å². The molecule has 3 nitrogen and oxygen atoms in total. The molecule has 1 aromatic heterocycles. The van der Waals surface area contributed by atoms with Crippen LogP contribution in [0.15, 0.2) is 22.7 Å². The van der Waals surface area contributed by atoms with E-state index in [9.17, 15) is 4.39 Å². The summed E-state index contributed by atoms with van der Waals surface area (Å²) in [4.78, 5) is 0. The first-order chi connectivity index (χ1) is 8.47. The van der Waals surface area contributed by atoms with E-state index in [4.69, 9.17) is 11.0 Å². The number of nitrogens with zero attached hydrogens (tertiary/aromatic N) is 2. The van der Waals surface area contributed by atoms with Crippen molar-refractivity contribution >= 4 is 21.7 Å². The van der Waals surface area contributed by atoms with Crippen molar-refractivity contribution in [1.82, 2.24) is 4.57 Å². The van der Waals surface area contributed by atoms with E-state index in [1.54, 1.807) is 16.7 Å². The second-order valence-corrected chi connectivity index (χ2v) is 4.87. The molecule has 0 aliphatic heterocycles. The van der Waals surface area contributed by atoms with Gasteiger partial charge in [0.05, 0.1) is 15.7 Å².